The Morgan fingerprint density at radius 2 is 2.10 bits per heavy atom. The minimum Gasteiger partial charge on any atom is -0.383 e. The van der Waals surface area contributed by atoms with Gasteiger partial charge in [0, 0.05) is 6.07 Å². The lowest BCUT2D eigenvalue weighted by Gasteiger charge is -2.07. The second kappa shape index (κ2) is 5.31. The zero-order chi connectivity index (χ0) is 14.7. The molecule has 1 amide bonds. The summed E-state index contributed by atoms with van der Waals surface area (Å²) in [4.78, 5) is 25.4. The molecule has 7 nitrogen and oxygen atoms in total. The van der Waals surface area contributed by atoms with Crippen LogP contribution in [0.4, 0.5) is 21.6 Å². The molecule has 0 saturated carbocycles. The molecule has 0 aliphatic rings. The van der Waals surface area contributed by atoms with Crippen LogP contribution < -0.4 is 11.1 Å². The molecule has 0 spiro atoms. The number of aromatic nitrogens is 1. The standard InChI is InChI=1S/C12H9FN4O3/c13-9-3-1-2-4-10(9)16-12(18)8-5-7(17(19)20)6-15-11(8)14/h1-6H,(H2,14,15)(H,16,18). The van der Waals surface area contributed by atoms with E-state index in [1.807, 2.05) is 0 Å². The number of rotatable bonds is 3. The van der Waals surface area contributed by atoms with Crippen LogP contribution in [-0.4, -0.2) is 15.8 Å². The van der Waals surface area contributed by atoms with Crippen LogP contribution in [0.2, 0.25) is 0 Å². The number of nitrogens with zero attached hydrogens (tertiary/aromatic N) is 2. The zero-order valence-corrected chi connectivity index (χ0v) is 10.0. The maximum Gasteiger partial charge on any atom is 0.288 e. The van der Waals surface area contributed by atoms with E-state index in [1.165, 1.54) is 24.3 Å². The van der Waals surface area contributed by atoms with Gasteiger partial charge in [0.25, 0.3) is 11.6 Å². The lowest BCUT2D eigenvalue weighted by molar-refractivity contribution is -0.385. The van der Waals surface area contributed by atoms with Gasteiger partial charge in [0.15, 0.2) is 0 Å². The van der Waals surface area contributed by atoms with E-state index in [4.69, 9.17) is 5.73 Å². The molecule has 0 unspecified atom stereocenters. The zero-order valence-electron chi connectivity index (χ0n) is 10.0. The highest BCUT2D eigenvalue weighted by atomic mass is 19.1. The van der Waals surface area contributed by atoms with Crippen molar-refractivity contribution >= 4 is 23.1 Å². The smallest absolute Gasteiger partial charge is 0.288 e. The van der Waals surface area contributed by atoms with Crippen LogP contribution in [0.15, 0.2) is 36.5 Å². The number of anilines is 2. The van der Waals surface area contributed by atoms with Gasteiger partial charge in [-0.15, -0.1) is 0 Å². The van der Waals surface area contributed by atoms with Crippen molar-refractivity contribution in [3.8, 4) is 0 Å². The first-order chi connectivity index (χ1) is 9.49. The normalized spacial score (nSPS) is 10.1. The van der Waals surface area contributed by atoms with Crippen LogP contribution >= 0.6 is 0 Å². The number of carbonyl (C=O) groups excluding carboxylic acids is 1. The van der Waals surface area contributed by atoms with Gasteiger partial charge >= 0.3 is 0 Å². The molecule has 3 N–H and O–H groups in total. The maximum atomic E-state index is 13.4. The Morgan fingerprint density at radius 1 is 1.40 bits per heavy atom. The van der Waals surface area contributed by atoms with E-state index in [9.17, 15) is 19.3 Å². The molecule has 0 fully saturated rings. The number of para-hydroxylation sites is 1. The number of nitrogens with one attached hydrogen (secondary N) is 1. The fraction of sp³-hybridized carbons (Fsp3) is 0. The van der Waals surface area contributed by atoms with Crippen molar-refractivity contribution in [2.75, 3.05) is 11.1 Å². The van der Waals surface area contributed by atoms with Gasteiger partial charge in [0.2, 0.25) is 0 Å². The topological polar surface area (TPSA) is 111 Å². The molecule has 8 heteroatoms. The first kappa shape index (κ1) is 13.4. The van der Waals surface area contributed by atoms with Gasteiger partial charge in [0.05, 0.1) is 16.2 Å². The molecular formula is C12H9FN4O3. The van der Waals surface area contributed by atoms with Gasteiger partial charge in [-0.25, -0.2) is 9.37 Å². The minimum atomic E-state index is -0.774. The SMILES string of the molecule is Nc1ncc([N+](=O)[O-])cc1C(=O)Nc1ccccc1F. The molecule has 0 bridgehead atoms. The number of amides is 1. The Hall–Kier alpha value is -3.03. The van der Waals surface area contributed by atoms with Crippen LogP contribution in [0.1, 0.15) is 10.4 Å². The Kier molecular flexibility index (Phi) is 3.56. The maximum absolute atomic E-state index is 13.4. The monoisotopic (exact) mass is 276 g/mol. The number of hydrogen-bond donors (Lipinski definition) is 2. The second-order valence-electron chi connectivity index (χ2n) is 3.82. The molecular weight excluding hydrogens is 267 g/mol. The number of benzene rings is 1. The summed E-state index contributed by atoms with van der Waals surface area (Å²) < 4.78 is 13.4. The molecule has 0 aliphatic carbocycles. The van der Waals surface area contributed by atoms with Crippen molar-refractivity contribution in [3.05, 3.63) is 58.0 Å². The van der Waals surface area contributed by atoms with Crippen LogP contribution in [0.25, 0.3) is 0 Å². The first-order valence-corrected chi connectivity index (χ1v) is 5.45. The third-order valence-electron chi connectivity index (χ3n) is 2.48. The highest BCUT2D eigenvalue weighted by Crippen LogP contribution is 2.19. The summed E-state index contributed by atoms with van der Waals surface area (Å²) >= 11 is 0. The lowest BCUT2D eigenvalue weighted by Crippen LogP contribution is -2.16. The van der Waals surface area contributed by atoms with Crippen molar-refractivity contribution in [1.29, 1.82) is 0 Å². The number of pyridine rings is 1. The Balaban J connectivity index is 2.32. The summed E-state index contributed by atoms with van der Waals surface area (Å²) in [5, 5.41) is 12.9. The van der Waals surface area contributed by atoms with Crippen LogP contribution in [0.5, 0.6) is 0 Å². The molecule has 0 atom stereocenters. The molecule has 1 heterocycles. The molecule has 0 saturated heterocycles. The van der Waals surface area contributed by atoms with E-state index in [0.29, 0.717) is 0 Å². The first-order valence-electron chi connectivity index (χ1n) is 5.45. The van der Waals surface area contributed by atoms with Gasteiger partial charge in [-0.05, 0) is 12.1 Å². The fourth-order valence-corrected chi connectivity index (χ4v) is 1.50. The van der Waals surface area contributed by atoms with Crippen molar-refractivity contribution < 1.29 is 14.1 Å². The van der Waals surface area contributed by atoms with E-state index in [-0.39, 0.29) is 22.8 Å². The fourth-order valence-electron chi connectivity index (χ4n) is 1.50. The van der Waals surface area contributed by atoms with Gasteiger partial charge < -0.3 is 11.1 Å². The van der Waals surface area contributed by atoms with E-state index in [0.717, 1.165) is 12.3 Å². The molecule has 20 heavy (non-hydrogen) atoms. The van der Waals surface area contributed by atoms with E-state index < -0.39 is 16.6 Å². The summed E-state index contributed by atoms with van der Waals surface area (Å²) in [6, 6.07) is 6.51. The third kappa shape index (κ3) is 2.69. The predicted octanol–water partition coefficient (Wildman–Crippen LogP) is 1.96. The van der Waals surface area contributed by atoms with Crippen LogP contribution in [0, 0.1) is 15.9 Å². The second-order valence-corrected chi connectivity index (χ2v) is 3.82. The van der Waals surface area contributed by atoms with Gasteiger partial charge in [-0.1, -0.05) is 12.1 Å². The molecule has 102 valence electrons. The molecule has 0 radical (unpaired) electrons. The quantitative estimate of drug-likeness (QED) is 0.657. The number of carbonyl (C=O) groups is 1. The largest absolute Gasteiger partial charge is 0.383 e. The molecule has 2 rings (SSSR count). The van der Waals surface area contributed by atoms with Crippen molar-refractivity contribution in [2.24, 2.45) is 0 Å². The molecule has 1 aromatic heterocycles. The highest BCUT2D eigenvalue weighted by Gasteiger charge is 2.17. The predicted molar refractivity (Wildman–Crippen MR) is 69.7 cm³/mol. The summed E-state index contributed by atoms with van der Waals surface area (Å²) in [5.41, 5.74) is 4.87. The Labute approximate surface area is 112 Å². The minimum absolute atomic E-state index is 0.0524. The molecule has 0 aliphatic heterocycles. The Morgan fingerprint density at radius 3 is 2.75 bits per heavy atom. The molecule has 1 aromatic carbocycles. The van der Waals surface area contributed by atoms with E-state index in [1.54, 1.807) is 0 Å². The van der Waals surface area contributed by atoms with Gasteiger partial charge in [0.1, 0.15) is 17.8 Å². The number of nitrogen functional groups attached to an aromatic ring is 1. The van der Waals surface area contributed by atoms with Crippen LogP contribution in [-0.2, 0) is 0 Å². The summed E-state index contributed by atoms with van der Waals surface area (Å²) in [7, 11) is 0. The highest BCUT2D eigenvalue weighted by molar-refractivity contribution is 6.07. The van der Waals surface area contributed by atoms with E-state index in [2.05, 4.69) is 10.3 Å². The summed E-state index contributed by atoms with van der Waals surface area (Å²) in [6.45, 7) is 0. The average molecular weight is 276 g/mol. The van der Waals surface area contributed by atoms with E-state index >= 15 is 0 Å². The number of hydrogen-bond acceptors (Lipinski definition) is 5. The number of nitrogens with two attached hydrogens (primary N) is 1. The lowest BCUT2D eigenvalue weighted by atomic mass is 10.2. The molecule has 2 aromatic rings. The summed E-state index contributed by atoms with van der Waals surface area (Å²) in [6.07, 6.45) is 0.940. The van der Waals surface area contributed by atoms with Gasteiger partial charge in [-0.3, -0.25) is 14.9 Å². The Bertz CT molecular complexity index is 690. The number of halogens is 1. The van der Waals surface area contributed by atoms with Crippen molar-refractivity contribution in [1.82, 2.24) is 4.98 Å². The van der Waals surface area contributed by atoms with Gasteiger partial charge in [-0.2, -0.15) is 0 Å². The third-order valence-corrected chi connectivity index (χ3v) is 2.48. The number of nitro groups is 1. The van der Waals surface area contributed by atoms with Crippen molar-refractivity contribution in [3.63, 3.8) is 0 Å². The van der Waals surface area contributed by atoms with Crippen LogP contribution in [0.3, 0.4) is 0 Å². The van der Waals surface area contributed by atoms with Crippen molar-refractivity contribution in [2.45, 2.75) is 0 Å². The summed E-state index contributed by atoms with van der Waals surface area (Å²) in [5.74, 6) is -1.58. The average Bonchev–Trinajstić information content (AvgIpc) is 2.41.